The number of nitrogen functional groups attached to an aromatic ring is 1. The maximum absolute atomic E-state index is 11.1. The highest BCUT2D eigenvalue weighted by Crippen LogP contribution is 2.28. The van der Waals surface area contributed by atoms with Crippen molar-refractivity contribution in [2.45, 2.75) is 45.1 Å². The van der Waals surface area contributed by atoms with Gasteiger partial charge in [-0.3, -0.25) is 9.78 Å². The van der Waals surface area contributed by atoms with E-state index >= 15 is 0 Å². The van der Waals surface area contributed by atoms with E-state index in [0.29, 0.717) is 30.4 Å². The summed E-state index contributed by atoms with van der Waals surface area (Å²) in [6.45, 7) is 2.02. The largest absolute Gasteiger partial charge is 0.481 e. The molecule has 30 heavy (non-hydrogen) atoms. The number of nitrogens with two attached hydrogens (primary N) is 1. The molecule has 1 aliphatic carbocycles. The Morgan fingerprint density at radius 3 is 2.43 bits per heavy atom. The Morgan fingerprint density at radius 2 is 1.87 bits per heavy atom. The van der Waals surface area contributed by atoms with E-state index in [1.54, 1.807) is 12.4 Å². The fraction of sp³-hybridized carbons (Fsp3) is 0.364. The van der Waals surface area contributed by atoms with Crippen LogP contribution in [-0.2, 0) is 11.2 Å². The van der Waals surface area contributed by atoms with Gasteiger partial charge in [-0.25, -0.2) is 9.97 Å². The van der Waals surface area contributed by atoms with Gasteiger partial charge in [0, 0.05) is 29.6 Å². The highest BCUT2D eigenvalue weighted by Gasteiger charge is 2.27. The Balaban J connectivity index is 1.39. The molecule has 0 unspecified atom stereocenters. The first-order chi connectivity index (χ1) is 14.5. The van der Waals surface area contributed by atoms with Gasteiger partial charge in [0.25, 0.3) is 0 Å². The highest BCUT2D eigenvalue weighted by molar-refractivity contribution is 5.70. The van der Waals surface area contributed by atoms with Gasteiger partial charge in [-0.05, 0) is 50.3 Å². The van der Waals surface area contributed by atoms with Crippen LogP contribution in [0.25, 0.3) is 22.6 Å². The van der Waals surface area contributed by atoms with Gasteiger partial charge < -0.3 is 20.6 Å². The lowest BCUT2D eigenvalue weighted by Gasteiger charge is -2.26. The van der Waals surface area contributed by atoms with Crippen LogP contribution >= 0.6 is 0 Å². The predicted molar refractivity (Wildman–Crippen MR) is 113 cm³/mol. The summed E-state index contributed by atoms with van der Waals surface area (Å²) in [6.07, 6.45) is 7.08. The number of aryl methyl sites for hydroxylation is 1. The number of pyridine rings is 2. The van der Waals surface area contributed by atoms with Gasteiger partial charge in [-0.15, -0.1) is 0 Å². The first-order valence-electron chi connectivity index (χ1n) is 10.2. The van der Waals surface area contributed by atoms with E-state index in [-0.39, 0.29) is 12.0 Å². The van der Waals surface area contributed by atoms with Gasteiger partial charge in [0.15, 0.2) is 0 Å². The summed E-state index contributed by atoms with van der Waals surface area (Å²) in [7, 11) is 0. The maximum Gasteiger partial charge on any atom is 0.306 e. The molecule has 0 saturated heterocycles. The molecule has 1 saturated carbocycles. The molecular formula is C22H25N5O3. The fourth-order valence-corrected chi connectivity index (χ4v) is 3.73. The number of aliphatic carboxylic acids is 1. The van der Waals surface area contributed by atoms with Crippen LogP contribution in [0.4, 0.5) is 5.82 Å². The molecule has 3 heterocycles. The third-order valence-electron chi connectivity index (χ3n) is 5.54. The summed E-state index contributed by atoms with van der Waals surface area (Å²) in [4.78, 5) is 27.6. The zero-order valence-electron chi connectivity index (χ0n) is 16.8. The Labute approximate surface area is 174 Å². The summed E-state index contributed by atoms with van der Waals surface area (Å²) in [6, 6.07) is 7.62. The molecule has 0 atom stereocenters. The van der Waals surface area contributed by atoms with Crippen LogP contribution < -0.4 is 10.5 Å². The Bertz CT molecular complexity index is 1010. The molecular weight excluding hydrogens is 382 g/mol. The number of imidazole rings is 1. The van der Waals surface area contributed by atoms with E-state index in [1.807, 2.05) is 31.2 Å². The van der Waals surface area contributed by atoms with Crippen molar-refractivity contribution in [3.63, 3.8) is 0 Å². The highest BCUT2D eigenvalue weighted by atomic mass is 16.5. The van der Waals surface area contributed by atoms with Crippen molar-refractivity contribution in [1.82, 2.24) is 19.9 Å². The number of H-pyrrole nitrogens is 1. The molecule has 0 amide bonds. The second-order valence-electron chi connectivity index (χ2n) is 7.55. The van der Waals surface area contributed by atoms with Crippen LogP contribution in [0.15, 0.2) is 36.7 Å². The Kier molecular flexibility index (Phi) is 5.65. The molecule has 0 spiro atoms. The van der Waals surface area contributed by atoms with Gasteiger partial charge in [0.1, 0.15) is 17.7 Å². The lowest BCUT2D eigenvalue weighted by atomic mass is 9.87. The van der Waals surface area contributed by atoms with Crippen LogP contribution in [0.3, 0.4) is 0 Å². The SMILES string of the molecule is CCc1[nH]c(-c2ccc(-c3ccc(OC4CCC(C(=O)O)CC4)nc3)nc2)nc1N. The number of nitrogens with zero attached hydrogens (tertiary/aromatic N) is 3. The predicted octanol–water partition coefficient (Wildman–Crippen LogP) is 3.70. The van der Waals surface area contributed by atoms with Crippen LogP contribution in [0, 0.1) is 5.92 Å². The summed E-state index contributed by atoms with van der Waals surface area (Å²) >= 11 is 0. The third-order valence-corrected chi connectivity index (χ3v) is 5.54. The number of carbonyl (C=O) groups is 1. The second-order valence-corrected chi connectivity index (χ2v) is 7.55. The smallest absolute Gasteiger partial charge is 0.306 e. The van der Waals surface area contributed by atoms with Crippen molar-refractivity contribution in [2.24, 2.45) is 5.92 Å². The van der Waals surface area contributed by atoms with Gasteiger partial charge >= 0.3 is 5.97 Å². The lowest BCUT2D eigenvalue weighted by Crippen LogP contribution is -2.28. The molecule has 4 rings (SSSR count). The number of carboxylic acid groups (broad SMARTS) is 1. The fourth-order valence-electron chi connectivity index (χ4n) is 3.73. The molecule has 0 radical (unpaired) electrons. The van der Waals surface area contributed by atoms with Gasteiger partial charge in [-0.1, -0.05) is 6.92 Å². The zero-order valence-corrected chi connectivity index (χ0v) is 16.8. The van der Waals surface area contributed by atoms with E-state index < -0.39 is 5.97 Å². The van der Waals surface area contributed by atoms with Crippen molar-refractivity contribution in [1.29, 1.82) is 0 Å². The van der Waals surface area contributed by atoms with E-state index in [0.717, 1.165) is 41.8 Å². The zero-order chi connectivity index (χ0) is 21.1. The molecule has 0 aromatic carbocycles. The van der Waals surface area contributed by atoms with E-state index in [1.165, 1.54) is 0 Å². The maximum atomic E-state index is 11.1. The van der Waals surface area contributed by atoms with Crippen molar-refractivity contribution < 1.29 is 14.6 Å². The molecule has 156 valence electrons. The number of aromatic nitrogens is 4. The van der Waals surface area contributed by atoms with Crippen molar-refractivity contribution in [3.8, 4) is 28.5 Å². The van der Waals surface area contributed by atoms with E-state index in [4.69, 9.17) is 15.6 Å². The number of hydrogen-bond acceptors (Lipinski definition) is 6. The van der Waals surface area contributed by atoms with Crippen LogP contribution in [0.5, 0.6) is 5.88 Å². The molecule has 8 nitrogen and oxygen atoms in total. The molecule has 8 heteroatoms. The molecule has 0 aliphatic heterocycles. The number of rotatable bonds is 6. The number of carboxylic acids is 1. The number of aromatic amines is 1. The average molecular weight is 407 g/mol. The van der Waals surface area contributed by atoms with E-state index in [2.05, 4.69) is 19.9 Å². The summed E-state index contributed by atoms with van der Waals surface area (Å²) in [5.41, 5.74) is 9.38. The number of ether oxygens (including phenoxy) is 1. The lowest BCUT2D eigenvalue weighted by molar-refractivity contribution is -0.143. The van der Waals surface area contributed by atoms with Crippen molar-refractivity contribution in [2.75, 3.05) is 5.73 Å². The van der Waals surface area contributed by atoms with Gasteiger partial charge in [-0.2, -0.15) is 0 Å². The normalized spacial score (nSPS) is 18.8. The minimum absolute atomic E-state index is 0.0186. The summed E-state index contributed by atoms with van der Waals surface area (Å²) in [5.74, 6) is 0.819. The molecule has 0 bridgehead atoms. The topological polar surface area (TPSA) is 127 Å². The minimum Gasteiger partial charge on any atom is -0.481 e. The summed E-state index contributed by atoms with van der Waals surface area (Å²) in [5, 5.41) is 9.09. The molecule has 3 aromatic heterocycles. The second kappa shape index (κ2) is 8.52. The molecule has 1 fully saturated rings. The van der Waals surface area contributed by atoms with Gasteiger partial charge in [0.05, 0.1) is 17.3 Å². The van der Waals surface area contributed by atoms with Crippen LogP contribution in [0.1, 0.15) is 38.3 Å². The molecule has 1 aliphatic rings. The number of anilines is 1. The number of hydrogen-bond donors (Lipinski definition) is 3. The quantitative estimate of drug-likeness (QED) is 0.568. The molecule has 3 aromatic rings. The summed E-state index contributed by atoms with van der Waals surface area (Å²) < 4.78 is 5.93. The Hall–Kier alpha value is -3.42. The van der Waals surface area contributed by atoms with Crippen LogP contribution in [-0.4, -0.2) is 37.1 Å². The average Bonchev–Trinajstić information content (AvgIpc) is 3.15. The first kappa shape index (κ1) is 19.9. The monoisotopic (exact) mass is 407 g/mol. The van der Waals surface area contributed by atoms with Crippen molar-refractivity contribution in [3.05, 3.63) is 42.4 Å². The third kappa shape index (κ3) is 4.27. The van der Waals surface area contributed by atoms with Crippen LogP contribution in [0.2, 0.25) is 0 Å². The van der Waals surface area contributed by atoms with Crippen molar-refractivity contribution >= 4 is 11.8 Å². The molecule has 4 N–H and O–H groups in total. The van der Waals surface area contributed by atoms with Gasteiger partial charge in [0.2, 0.25) is 5.88 Å². The standard InChI is InChI=1S/C22H25N5O3/c1-2-17-20(23)27-21(26-17)15-5-9-18(24-12-15)14-6-10-19(25-11-14)30-16-7-3-13(4-8-16)22(28)29/h5-6,9-13,16H,2-4,7-8,23H2,1H3,(H,26,27)(H,28,29). The Morgan fingerprint density at radius 1 is 1.13 bits per heavy atom. The first-order valence-corrected chi connectivity index (χ1v) is 10.2. The number of nitrogens with one attached hydrogen (secondary N) is 1. The van der Waals surface area contributed by atoms with E-state index in [9.17, 15) is 4.79 Å². The minimum atomic E-state index is -0.712.